The fraction of sp³-hybridized carbons (Fsp3) is 0.286. The number of benzene rings is 2. The monoisotopic (exact) mass is 445 g/mol. The minimum atomic E-state index is -3.38. The first kappa shape index (κ1) is 22.3. The Morgan fingerprint density at radius 2 is 1.81 bits per heavy atom. The second-order valence-corrected chi connectivity index (χ2v) is 9.21. The van der Waals surface area contributed by atoms with Gasteiger partial charge in [0.05, 0.1) is 17.5 Å². The van der Waals surface area contributed by atoms with E-state index in [2.05, 4.69) is 10.6 Å². The van der Waals surface area contributed by atoms with Crippen LogP contribution in [0.4, 0.5) is 16.2 Å². The van der Waals surface area contributed by atoms with Crippen molar-refractivity contribution in [1.82, 2.24) is 5.32 Å². The molecule has 1 aliphatic heterocycles. The number of rotatable bonds is 5. The molecule has 10 heteroatoms. The number of imide groups is 1. The molecule has 2 aromatic carbocycles. The van der Waals surface area contributed by atoms with Crippen LogP contribution in [0.5, 0.6) is 0 Å². The van der Waals surface area contributed by atoms with E-state index in [4.69, 9.17) is 4.74 Å². The van der Waals surface area contributed by atoms with Gasteiger partial charge in [0, 0.05) is 12.2 Å². The molecule has 0 saturated carbocycles. The van der Waals surface area contributed by atoms with Gasteiger partial charge in [-0.2, -0.15) is 0 Å². The highest BCUT2D eigenvalue weighted by Gasteiger charge is 2.27. The van der Waals surface area contributed by atoms with Gasteiger partial charge in [-0.1, -0.05) is 6.07 Å². The number of esters is 1. The third kappa shape index (κ3) is 5.40. The Balaban J connectivity index is 1.53. The molecule has 164 valence electrons. The minimum absolute atomic E-state index is 0.196. The first-order valence-electron chi connectivity index (χ1n) is 9.50. The Morgan fingerprint density at radius 1 is 1.06 bits per heavy atom. The fourth-order valence-corrected chi connectivity index (χ4v) is 4.16. The van der Waals surface area contributed by atoms with Crippen LogP contribution in [0.3, 0.4) is 0 Å². The average Bonchev–Trinajstić information content (AvgIpc) is 3.12. The first-order valence-corrected chi connectivity index (χ1v) is 11.4. The van der Waals surface area contributed by atoms with Crippen LogP contribution >= 0.6 is 0 Å². The van der Waals surface area contributed by atoms with E-state index in [9.17, 15) is 22.8 Å². The maximum Gasteiger partial charge on any atom is 0.338 e. The molecule has 0 aromatic heterocycles. The molecule has 0 atom stereocenters. The minimum Gasteiger partial charge on any atom is -0.452 e. The second kappa shape index (κ2) is 8.76. The molecule has 0 saturated heterocycles. The Bertz CT molecular complexity index is 1160. The highest BCUT2D eigenvalue weighted by Crippen LogP contribution is 2.30. The number of hydrogen-bond acceptors (Lipinski definition) is 6. The van der Waals surface area contributed by atoms with Gasteiger partial charge in [0.15, 0.2) is 6.61 Å². The molecular formula is C21H23N3O6S. The molecule has 2 aromatic rings. The number of amides is 3. The van der Waals surface area contributed by atoms with Crippen molar-refractivity contribution in [3.63, 3.8) is 0 Å². The molecular weight excluding hydrogens is 422 g/mol. The third-order valence-electron chi connectivity index (χ3n) is 4.92. The van der Waals surface area contributed by atoms with Crippen LogP contribution in [-0.2, 0) is 26.0 Å². The second-order valence-electron chi connectivity index (χ2n) is 7.31. The number of carbonyl (C=O) groups excluding carboxylic acids is 3. The Morgan fingerprint density at radius 3 is 2.48 bits per heavy atom. The van der Waals surface area contributed by atoms with Crippen molar-refractivity contribution in [3.05, 3.63) is 58.7 Å². The van der Waals surface area contributed by atoms with Crippen molar-refractivity contribution >= 4 is 39.3 Å². The zero-order valence-electron chi connectivity index (χ0n) is 17.4. The van der Waals surface area contributed by atoms with Crippen LogP contribution in [0.25, 0.3) is 0 Å². The number of nitrogens with zero attached hydrogens (tertiary/aromatic N) is 1. The van der Waals surface area contributed by atoms with E-state index >= 15 is 0 Å². The van der Waals surface area contributed by atoms with Gasteiger partial charge in [0.2, 0.25) is 10.0 Å². The molecule has 0 radical (unpaired) electrons. The van der Waals surface area contributed by atoms with Crippen molar-refractivity contribution in [2.45, 2.75) is 20.3 Å². The van der Waals surface area contributed by atoms with Crippen LogP contribution in [0.15, 0.2) is 36.4 Å². The van der Waals surface area contributed by atoms with Crippen LogP contribution < -0.4 is 14.9 Å². The normalized spacial score (nSPS) is 12.8. The highest BCUT2D eigenvalue weighted by molar-refractivity contribution is 7.92. The van der Waals surface area contributed by atoms with Crippen molar-refractivity contribution in [3.8, 4) is 0 Å². The van der Waals surface area contributed by atoms with Crippen molar-refractivity contribution in [1.29, 1.82) is 0 Å². The molecule has 9 nitrogen and oxygen atoms in total. The smallest absolute Gasteiger partial charge is 0.338 e. The van der Waals surface area contributed by atoms with Crippen LogP contribution in [0.2, 0.25) is 0 Å². The Kier molecular flexibility index (Phi) is 6.30. The van der Waals surface area contributed by atoms with Gasteiger partial charge < -0.3 is 10.1 Å². The summed E-state index contributed by atoms with van der Waals surface area (Å²) in [5, 5.41) is 4.63. The van der Waals surface area contributed by atoms with Crippen LogP contribution in [0, 0.1) is 13.8 Å². The lowest BCUT2D eigenvalue weighted by Gasteiger charge is -2.16. The lowest BCUT2D eigenvalue weighted by Crippen LogP contribution is -2.37. The molecule has 0 aliphatic carbocycles. The maximum absolute atomic E-state index is 12.2. The van der Waals surface area contributed by atoms with E-state index in [1.807, 2.05) is 19.9 Å². The summed E-state index contributed by atoms with van der Waals surface area (Å²) in [6.07, 6.45) is 1.60. The van der Waals surface area contributed by atoms with Gasteiger partial charge in [-0.3, -0.25) is 14.4 Å². The Labute approximate surface area is 180 Å². The molecule has 0 fully saturated rings. The molecule has 0 bridgehead atoms. The third-order valence-corrected chi connectivity index (χ3v) is 6.10. The maximum atomic E-state index is 12.2. The topological polar surface area (TPSA) is 122 Å². The highest BCUT2D eigenvalue weighted by atomic mass is 32.2. The predicted molar refractivity (Wildman–Crippen MR) is 116 cm³/mol. The van der Waals surface area contributed by atoms with Crippen LogP contribution in [-0.4, -0.2) is 45.7 Å². The summed E-state index contributed by atoms with van der Waals surface area (Å²) >= 11 is 0. The predicted octanol–water partition coefficient (Wildman–Crippen LogP) is 2.13. The lowest BCUT2D eigenvalue weighted by atomic mass is 10.1. The zero-order valence-corrected chi connectivity index (χ0v) is 18.2. The number of nitrogens with one attached hydrogen (secondary N) is 2. The number of sulfonamides is 1. The number of fused-ring (bicyclic) bond motifs is 1. The number of ether oxygens (including phenoxy) is 1. The van der Waals surface area contributed by atoms with E-state index < -0.39 is 34.5 Å². The van der Waals surface area contributed by atoms with Gasteiger partial charge in [0.25, 0.3) is 5.91 Å². The van der Waals surface area contributed by atoms with Crippen molar-refractivity contribution < 1.29 is 27.5 Å². The summed E-state index contributed by atoms with van der Waals surface area (Å²) in [6.45, 7) is 3.52. The van der Waals surface area contributed by atoms with E-state index in [0.717, 1.165) is 17.4 Å². The number of anilines is 2. The van der Waals surface area contributed by atoms with Crippen molar-refractivity contribution in [2.24, 2.45) is 0 Å². The Hall–Kier alpha value is -3.40. The van der Waals surface area contributed by atoms with Gasteiger partial charge in [-0.05, 0) is 67.3 Å². The molecule has 2 N–H and O–H groups in total. The van der Waals surface area contributed by atoms with E-state index in [-0.39, 0.29) is 5.56 Å². The van der Waals surface area contributed by atoms with Gasteiger partial charge in [-0.25, -0.2) is 18.0 Å². The molecule has 1 heterocycles. The van der Waals surface area contributed by atoms with E-state index in [1.54, 1.807) is 18.2 Å². The number of hydrogen-bond donors (Lipinski definition) is 2. The lowest BCUT2D eigenvalue weighted by molar-refractivity contribution is -0.123. The van der Waals surface area contributed by atoms with E-state index in [0.29, 0.717) is 29.9 Å². The summed E-state index contributed by atoms with van der Waals surface area (Å²) in [7, 11) is -3.38. The SMILES string of the molecule is Cc1ccc(NC(=O)NC(=O)COC(=O)c2ccc3c(c2)CCN3S(C)(=O)=O)cc1C. The molecule has 1 aliphatic rings. The summed E-state index contributed by atoms with van der Waals surface area (Å²) < 4.78 is 29.8. The summed E-state index contributed by atoms with van der Waals surface area (Å²) in [4.78, 5) is 36.1. The number of carbonyl (C=O) groups is 3. The van der Waals surface area contributed by atoms with E-state index in [1.165, 1.54) is 16.4 Å². The first-order chi connectivity index (χ1) is 14.5. The van der Waals surface area contributed by atoms with Crippen LogP contribution in [0.1, 0.15) is 27.0 Å². The number of aryl methyl sites for hydroxylation is 2. The van der Waals surface area contributed by atoms with Gasteiger partial charge in [-0.15, -0.1) is 0 Å². The molecule has 31 heavy (non-hydrogen) atoms. The fourth-order valence-electron chi connectivity index (χ4n) is 3.20. The zero-order chi connectivity index (χ0) is 22.8. The molecule has 0 spiro atoms. The molecule has 3 rings (SSSR count). The van der Waals surface area contributed by atoms with Gasteiger partial charge in [0.1, 0.15) is 0 Å². The quantitative estimate of drug-likeness (QED) is 0.680. The summed E-state index contributed by atoms with van der Waals surface area (Å²) in [5.41, 5.74) is 4.03. The molecule has 0 unspecified atom stereocenters. The summed E-state index contributed by atoms with van der Waals surface area (Å²) in [6, 6.07) is 9.13. The number of urea groups is 1. The molecule has 3 amide bonds. The standard InChI is InChI=1S/C21H23N3O6S/c1-13-4-6-17(10-14(13)2)22-21(27)23-19(25)12-30-20(26)16-5-7-18-15(11-16)8-9-24(18)31(3,28)29/h4-7,10-11H,8-9,12H2,1-3H3,(H2,22,23,25,27). The average molecular weight is 445 g/mol. The van der Waals surface area contributed by atoms with Gasteiger partial charge >= 0.3 is 12.0 Å². The van der Waals surface area contributed by atoms with Crippen molar-refractivity contribution in [2.75, 3.05) is 29.0 Å². The summed E-state index contributed by atoms with van der Waals surface area (Å²) in [5.74, 6) is -1.52. The largest absolute Gasteiger partial charge is 0.452 e.